The van der Waals surface area contributed by atoms with Crippen molar-refractivity contribution in [3.63, 3.8) is 0 Å². The van der Waals surface area contributed by atoms with E-state index in [2.05, 4.69) is 5.32 Å². The summed E-state index contributed by atoms with van der Waals surface area (Å²) in [5, 5.41) is 4.88. The molecule has 1 aromatic rings. The fourth-order valence-corrected chi connectivity index (χ4v) is 4.16. The van der Waals surface area contributed by atoms with Crippen LogP contribution in [0, 0.1) is 0 Å². The molecule has 1 N–H and O–H groups in total. The molecule has 4 rings (SSSR count). The zero-order valence-corrected chi connectivity index (χ0v) is 15.5. The number of ether oxygens (including phenoxy) is 5. The van der Waals surface area contributed by atoms with E-state index in [1.54, 1.807) is 11.3 Å². The predicted molar refractivity (Wildman–Crippen MR) is 88.7 cm³/mol. The number of fused-ring (bicyclic) bond motifs is 3. The average molecular weight is 369 g/mol. The molecule has 1 aromatic heterocycles. The molecule has 0 spiro atoms. The second kappa shape index (κ2) is 6.00. The van der Waals surface area contributed by atoms with Gasteiger partial charge in [-0.05, 0) is 39.1 Å². The van der Waals surface area contributed by atoms with Crippen LogP contribution in [0.4, 0.5) is 0 Å². The molecule has 5 atom stereocenters. The van der Waals surface area contributed by atoms with Crippen LogP contribution < -0.4 is 5.32 Å². The largest absolute Gasteiger partial charge is 0.349 e. The Morgan fingerprint density at radius 2 is 1.76 bits per heavy atom. The van der Waals surface area contributed by atoms with Gasteiger partial charge in [0.1, 0.15) is 18.3 Å². The smallest absolute Gasteiger partial charge is 0.252 e. The van der Waals surface area contributed by atoms with Crippen LogP contribution in [0.3, 0.4) is 0 Å². The van der Waals surface area contributed by atoms with Crippen molar-refractivity contribution in [2.45, 2.75) is 76.5 Å². The molecule has 1 amide bonds. The van der Waals surface area contributed by atoms with Gasteiger partial charge in [-0.15, -0.1) is 11.3 Å². The van der Waals surface area contributed by atoms with Crippen LogP contribution in [0.25, 0.3) is 0 Å². The number of nitrogens with one attached hydrogen (secondary N) is 1. The first-order valence-electron chi connectivity index (χ1n) is 8.41. The van der Waals surface area contributed by atoms with Gasteiger partial charge in [-0.2, -0.15) is 0 Å². The first-order chi connectivity index (χ1) is 11.7. The second-order valence-electron chi connectivity index (χ2n) is 7.39. The summed E-state index contributed by atoms with van der Waals surface area (Å²) >= 11 is 1.59. The van der Waals surface area contributed by atoms with Crippen LogP contribution in [0.15, 0.2) is 17.5 Å². The minimum atomic E-state index is -0.814. The molecule has 0 bridgehead atoms. The molecule has 8 heteroatoms. The third-order valence-corrected chi connectivity index (χ3v) is 5.31. The van der Waals surface area contributed by atoms with Gasteiger partial charge in [0.05, 0.1) is 6.54 Å². The molecule has 0 aromatic carbocycles. The van der Waals surface area contributed by atoms with Crippen LogP contribution in [-0.4, -0.2) is 48.2 Å². The molecule has 3 aliphatic rings. The van der Waals surface area contributed by atoms with Crippen molar-refractivity contribution in [1.29, 1.82) is 0 Å². The Morgan fingerprint density at radius 3 is 2.48 bits per heavy atom. The van der Waals surface area contributed by atoms with Crippen LogP contribution in [0.5, 0.6) is 0 Å². The van der Waals surface area contributed by atoms with Crippen LogP contribution >= 0.6 is 11.3 Å². The minimum absolute atomic E-state index is 0.239. The summed E-state index contributed by atoms with van der Waals surface area (Å²) in [6.07, 6.45) is -2.87. The van der Waals surface area contributed by atoms with Crippen molar-refractivity contribution in [2.75, 3.05) is 0 Å². The Hall–Kier alpha value is -1.03. The summed E-state index contributed by atoms with van der Waals surface area (Å²) in [4.78, 5) is 13.8. The molecule has 4 heterocycles. The molecule has 3 fully saturated rings. The Kier molecular flexibility index (Phi) is 4.18. The summed E-state index contributed by atoms with van der Waals surface area (Å²) < 4.78 is 29.6. The highest BCUT2D eigenvalue weighted by molar-refractivity contribution is 7.09. The summed E-state index contributed by atoms with van der Waals surface area (Å²) in [6.45, 7) is 7.73. The average Bonchev–Trinajstić information content (AvgIpc) is 3.19. The SMILES string of the molecule is CC1(C)O[C@@H]2O[C@H](C(=O)NCc3cccs3)[C@@H]3OC(C)(C)O[C@H]3[C@@H]2O1. The monoisotopic (exact) mass is 369 g/mol. The summed E-state index contributed by atoms with van der Waals surface area (Å²) in [6, 6.07) is 3.92. The van der Waals surface area contributed by atoms with Gasteiger partial charge >= 0.3 is 0 Å². The number of hydrogen-bond donors (Lipinski definition) is 1. The first kappa shape index (κ1) is 17.4. The molecule has 0 aliphatic carbocycles. The summed E-state index contributed by atoms with van der Waals surface area (Å²) in [5.74, 6) is -1.84. The number of rotatable bonds is 3. The normalized spacial score (nSPS) is 38.2. The Morgan fingerprint density at radius 1 is 1.08 bits per heavy atom. The zero-order valence-electron chi connectivity index (χ0n) is 14.7. The fourth-order valence-electron chi connectivity index (χ4n) is 3.51. The predicted octanol–water partition coefficient (Wildman–Crippen LogP) is 1.76. The minimum Gasteiger partial charge on any atom is -0.349 e. The van der Waals surface area contributed by atoms with E-state index in [1.165, 1.54) is 0 Å². The molecule has 3 saturated heterocycles. The molecular weight excluding hydrogens is 346 g/mol. The van der Waals surface area contributed by atoms with Gasteiger partial charge in [-0.25, -0.2) is 0 Å². The Balaban J connectivity index is 1.52. The van der Waals surface area contributed by atoms with Crippen molar-refractivity contribution in [2.24, 2.45) is 0 Å². The lowest BCUT2D eigenvalue weighted by Crippen LogP contribution is -2.59. The lowest BCUT2D eigenvalue weighted by molar-refractivity contribution is -0.231. The number of carbonyl (C=O) groups excluding carboxylic acids is 1. The van der Waals surface area contributed by atoms with E-state index in [-0.39, 0.29) is 5.91 Å². The van der Waals surface area contributed by atoms with E-state index < -0.39 is 42.3 Å². The van der Waals surface area contributed by atoms with Crippen LogP contribution in [0.1, 0.15) is 32.6 Å². The molecule has 0 unspecified atom stereocenters. The first-order valence-corrected chi connectivity index (χ1v) is 9.29. The topological polar surface area (TPSA) is 75.3 Å². The maximum Gasteiger partial charge on any atom is 0.252 e. The zero-order chi connectivity index (χ0) is 17.8. The maximum absolute atomic E-state index is 12.7. The van der Waals surface area contributed by atoms with E-state index in [1.807, 2.05) is 45.2 Å². The van der Waals surface area contributed by atoms with Gasteiger partial charge in [-0.3, -0.25) is 4.79 Å². The molecular formula is C17H23NO6S. The fraction of sp³-hybridized carbons (Fsp3) is 0.706. The lowest BCUT2D eigenvalue weighted by Gasteiger charge is -2.36. The molecule has 138 valence electrons. The van der Waals surface area contributed by atoms with Gasteiger partial charge in [0, 0.05) is 4.88 Å². The van der Waals surface area contributed by atoms with E-state index in [0.29, 0.717) is 6.54 Å². The van der Waals surface area contributed by atoms with Gasteiger partial charge < -0.3 is 29.0 Å². The highest BCUT2D eigenvalue weighted by Crippen LogP contribution is 2.44. The molecule has 0 radical (unpaired) electrons. The maximum atomic E-state index is 12.7. The van der Waals surface area contributed by atoms with E-state index in [0.717, 1.165) is 4.88 Å². The highest BCUT2D eigenvalue weighted by Gasteiger charge is 2.62. The lowest BCUT2D eigenvalue weighted by atomic mass is 9.98. The van der Waals surface area contributed by atoms with Gasteiger partial charge in [0.2, 0.25) is 0 Å². The number of thiophene rings is 1. The standard InChI is InChI=1S/C17H23NO6S/c1-16(2)21-10-11(22-16)13-15(24-17(3,4)23-13)20-12(10)14(19)18-8-9-6-5-7-25-9/h5-7,10-13,15H,8H2,1-4H3,(H,18,19)/t10-,11-,12+,13+,15+/m1/s1. The van der Waals surface area contributed by atoms with Gasteiger partial charge in [0.15, 0.2) is 24.0 Å². The number of hydrogen-bond acceptors (Lipinski definition) is 7. The van der Waals surface area contributed by atoms with Crippen molar-refractivity contribution in [1.82, 2.24) is 5.32 Å². The van der Waals surface area contributed by atoms with Crippen molar-refractivity contribution in [3.8, 4) is 0 Å². The summed E-state index contributed by atoms with van der Waals surface area (Å²) in [7, 11) is 0. The van der Waals surface area contributed by atoms with E-state index >= 15 is 0 Å². The van der Waals surface area contributed by atoms with Crippen molar-refractivity contribution < 1.29 is 28.5 Å². The number of carbonyl (C=O) groups is 1. The second-order valence-corrected chi connectivity index (χ2v) is 8.42. The number of amides is 1. The van der Waals surface area contributed by atoms with E-state index in [4.69, 9.17) is 23.7 Å². The highest BCUT2D eigenvalue weighted by atomic mass is 32.1. The van der Waals surface area contributed by atoms with Crippen LogP contribution in [-0.2, 0) is 35.0 Å². The van der Waals surface area contributed by atoms with Crippen LogP contribution in [0.2, 0.25) is 0 Å². The molecule has 3 aliphatic heterocycles. The van der Waals surface area contributed by atoms with Crippen molar-refractivity contribution >= 4 is 17.2 Å². The van der Waals surface area contributed by atoms with E-state index in [9.17, 15) is 4.79 Å². The van der Waals surface area contributed by atoms with Gasteiger partial charge in [-0.1, -0.05) is 6.07 Å². The third-order valence-electron chi connectivity index (χ3n) is 4.43. The quantitative estimate of drug-likeness (QED) is 0.875. The van der Waals surface area contributed by atoms with Gasteiger partial charge in [0.25, 0.3) is 5.91 Å². The summed E-state index contributed by atoms with van der Waals surface area (Å²) in [5.41, 5.74) is 0. The van der Waals surface area contributed by atoms with Crippen molar-refractivity contribution in [3.05, 3.63) is 22.4 Å². The Bertz CT molecular complexity index is 646. The molecule has 25 heavy (non-hydrogen) atoms. The third kappa shape index (κ3) is 3.34. The molecule has 7 nitrogen and oxygen atoms in total. The Labute approximate surface area is 150 Å². The molecule has 0 saturated carbocycles.